The van der Waals surface area contributed by atoms with E-state index in [1.807, 2.05) is 13.0 Å². The van der Waals surface area contributed by atoms with Gasteiger partial charge in [-0.15, -0.1) is 0 Å². The van der Waals surface area contributed by atoms with Gasteiger partial charge in [0.05, 0.1) is 19.3 Å². The molecule has 0 aliphatic carbocycles. The van der Waals surface area contributed by atoms with Crippen molar-refractivity contribution in [2.45, 2.75) is 45.3 Å². The van der Waals surface area contributed by atoms with Crippen LogP contribution < -0.4 is 4.90 Å². The van der Waals surface area contributed by atoms with Crippen LogP contribution in [0, 0.1) is 6.92 Å². The highest BCUT2D eigenvalue weighted by Gasteiger charge is 2.22. The quantitative estimate of drug-likeness (QED) is 0.856. The van der Waals surface area contributed by atoms with Crippen LogP contribution >= 0.6 is 0 Å². The SMILES string of the molecule is Cc1cc(CO)cnc1N1CCCCCC1CO. The molecule has 1 aromatic rings. The second-order valence-electron chi connectivity index (χ2n) is 5.02. The Kier molecular flexibility index (Phi) is 4.55. The van der Waals surface area contributed by atoms with Gasteiger partial charge in [-0.1, -0.05) is 12.8 Å². The molecule has 1 saturated heterocycles. The van der Waals surface area contributed by atoms with Crippen LogP contribution in [0.15, 0.2) is 12.3 Å². The van der Waals surface area contributed by atoms with Gasteiger partial charge < -0.3 is 15.1 Å². The summed E-state index contributed by atoms with van der Waals surface area (Å²) >= 11 is 0. The maximum atomic E-state index is 9.53. The van der Waals surface area contributed by atoms with Crippen molar-refractivity contribution < 1.29 is 10.2 Å². The van der Waals surface area contributed by atoms with Gasteiger partial charge in [-0.25, -0.2) is 4.98 Å². The predicted octanol–water partition coefficient (Wildman–Crippen LogP) is 1.62. The Hall–Kier alpha value is -1.13. The number of hydrogen-bond donors (Lipinski definition) is 2. The number of aromatic nitrogens is 1. The van der Waals surface area contributed by atoms with Gasteiger partial charge in [-0.3, -0.25) is 0 Å². The molecule has 0 aromatic carbocycles. The van der Waals surface area contributed by atoms with Crippen molar-refractivity contribution in [1.82, 2.24) is 4.98 Å². The fraction of sp³-hybridized carbons (Fsp3) is 0.643. The normalized spacial score (nSPS) is 20.8. The van der Waals surface area contributed by atoms with E-state index >= 15 is 0 Å². The molecule has 1 aliphatic heterocycles. The Bertz CT molecular complexity index is 395. The summed E-state index contributed by atoms with van der Waals surface area (Å²) in [5.41, 5.74) is 1.91. The number of aliphatic hydroxyl groups is 2. The Morgan fingerprint density at radius 3 is 2.83 bits per heavy atom. The largest absolute Gasteiger partial charge is 0.394 e. The minimum Gasteiger partial charge on any atom is -0.394 e. The molecule has 0 bridgehead atoms. The zero-order valence-electron chi connectivity index (χ0n) is 11.0. The van der Waals surface area contributed by atoms with Crippen LogP contribution in [0.4, 0.5) is 5.82 Å². The van der Waals surface area contributed by atoms with Gasteiger partial charge in [0.2, 0.25) is 0 Å². The first-order valence-corrected chi connectivity index (χ1v) is 6.70. The van der Waals surface area contributed by atoms with Crippen LogP contribution in [-0.2, 0) is 6.61 Å². The summed E-state index contributed by atoms with van der Waals surface area (Å²) in [6.45, 7) is 3.18. The number of aliphatic hydroxyl groups excluding tert-OH is 2. The number of rotatable bonds is 3. The van der Waals surface area contributed by atoms with Crippen LogP contribution in [0.3, 0.4) is 0 Å². The number of aryl methyl sites for hydroxylation is 1. The highest BCUT2D eigenvalue weighted by molar-refractivity contribution is 5.48. The molecule has 4 nitrogen and oxygen atoms in total. The van der Waals surface area contributed by atoms with E-state index in [9.17, 15) is 5.11 Å². The van der Waals surface area contributed by atoms with E-state index in [0.29, 0.717) is 0 Å². The molecule has 4 heteroatoms. The molecule has 1 aliphatic rings. The van der Waals surface area contributed by atoms with Crippen LogP contribution in [0.2, 0.25) is 0 Å². The first-order chi connectivity index (χ1) is 8.76. The Morgan fingerprint density at radius 1 is 1.33 bits per heavy atom. The van der Waals surface area contributed by atoms with Crippen molar-refractivity contribution >= 4 is 5.82 Å². The maximum Gasteiger partial charge on any atom is 0.131 e. The molecule has 2 heterocycles. The third kappa shape index (κ3) is 2.82. The van der Waals surface area contributed by atoms with E-state index in [4.69, 9.17) is 5.11 Å². The Balaban J connectivity index is 2.27. The minimum atomic E-state index is 0.0253. The molecule has 2 N–H and O–H groups in total. The van der Waals surface area contributed by atoms with Crippen LogP contribution in [-0.4, -0.2) is 34.4 Å². The van der Waals surface area contributed by atoms with E-state index in [1.165, 1.54) is 12.8 Å². The lowest BCUT2D eigenvalue weighted by Gasteiger charge is -2.31. The molecular weight excluding hydrogens is 228 g/mol. The molecule has 18 heavy (non-hydrogen) atoms. The van der Waals surface area contributed by atoms with E-state index in [0.717, 1.165) is 36.3 Å². The molecule has 1 unspecified atom stereocenters. The topological polar surface area (TPSA) is 56.6 Å². The first-order valence-electron chi connectivity index (χ1n) is 6.70. The average Bonchev–Trinajstić information content (AvgIpc) is 2.63. The van der Waals surface area contributed by atoms with E-state index in [1.54, 1.807) is 6.20 Å². The lowest BCUT2D eigenvalue weighted by Crippen LogP contribution is -2.38. The molecule has 0 radical (unpaired) electrons. The summed E-state index contributed by atoms with van der Waals surface area (Å²) in [4.78, 5) is 6.69. The summed E-state index contributed by atoms with van der Waals surface area (Å²) in [5, 5.41) is 18.6. The molecule has 1 fully saturated rings. The number of nitrogens with zero attached hydrogens (tertiary/aromatic N) is 2. The van der Waals surface area contributed by atoms with Gasteiger partial charge in [-0.2, -0.15) is 0 Å². The molecule has 100 valence electrons. The van der Waals surface area contributed by atoms with Gasteiger partial charge in [0.1, 0.15) is 5.82 Å². The standard InChI is InChI=1S/C14H22N2O2/c1-11-7-12(9-17)8-15-14(11)16-6-4-2-3-5-13(16)10-18/h7-8,13,17-18H,2-6,9-10H2,1H3. The molecule has 2 rings (SSSR count). The van der Waals surface area contributed by atoms with Crippen molar-refractivity contribution in [2.24, 2.45) is 0 Å². The molecule has 0 saturated carbocycles. The van der Waals surface area contributed by atoms with Crippen LogP contribution in [0.25, 0.3) is 0 Å². The summed E-state index contributed by atoms with van der Waals surface area (Å²) < 4.78 is 0. The lowest BCUT2D eigenvalue weighted by molar-refractivity contribution is 0.254. The summed E-state index contributed by atoms with van der Waals surface area (Å²) in [7, 11) is 0. The summed E-state index contributed by atoms with van der Waals surface area (Å²) in [6.07, 6.45) is 6.30. The van der Waals surface area contributed by atoms with E-state index in [-0.39, 0.29) is 19.3 Å². The van der Waals surface area contributed by atoms with Crippen molar-refractivity contribution in [3.05, 3.63) is 23.4 Å². The third-order valence-corrected chi connectivity index (χ3v) is 3.65. The van der Waals surface area contributed by atoms with Crippen LogP contribution in [0.1, 0.15) is 36.8 Å². The highest BCUT2D eigenvalue weighted by atomic mass is 16.3. The van der Waals surface area contributed by atoms with Gasteiger partial charge in [0.25, 0.3) is 0 Å². The molecule has 1 aromatic heterocycles. The highest BCUT2D eigenvalue weighted by Crippen LogP contribution is 2.25. The van der Waals surface area contributed by atoms with Gasteiger partial charge in [0.15, 0.2) is 0 Å². The number of anilines is 1. The zero-order chi connectivity index (χ0) is 13.0. The monoisotopic (exact) mass is 250 g/mol. The van der Waals surface area contributed by atoms with E-state index < -0.39 is 0 Å². The number of pyridine rings is 1. The minimum absolute atomic E-state index is 0.0253. The predicted molar refractivity (Wildman–Crippen MR) is 71.6 cm³/mol. The van der Waals surface area contributed by atoms with Crippen molar-refractivity contribution in [3.63, 3.8) is 0 Å². The Labute approximate surface area is 108 Å². The summed E-state index contributed by atoms with van der Waals surface area (Å²) in [5.74, 6) is 0.952. The number of hydrogen-bond acceptors (Lipinski definition) is 4. The maximum absolute atomic E-state index is 9.53. The van der Waals surface area contributed by atoms with Gasteiger partial charge in [0, 0.05) is 12.7 Å². The summed E-state index contributed by atoms with van der Waals surface area (Å²) in [6, 6.07) is 2.15. The average molecular weight is 250 g/mol. The smallest absolute Gasteiger partial charge is 0.131 e. The first kappa shape index (κ1) is 13.3. The van der Waals surface area contributed by atoms with Gasteiger partial charge in [-0.05, 0) is 37.0 Å². The lowest BCUT2D eigenvalue weighted by atomic mass is 10.1. The Morgan fingerprint density at radius 2 is 2.17 bits per heavy atom. The fourth-order valence-electron chi connectivity index (χ4n) is 2.66. The molecule has 0 spiro atoms. The second kappa shape index (κ2) is 6.16. The fourth-order valence-corrected chi connectivity index (χ4v) is 2.66. The van der Waals surface area contributed by atoms with Crippen molar-refractivity contribution in [1.29, 1.82) is 0 Å². The zero-order valence-corrected chi connectivity index (χ0v) is 11.0. The van der Waals surface area contributed by atoms with Crippen LogP contribution in [0.5, 0.6) is 0 Å². The van der Waals surface area contributed by atoms with Crippen molar-refractivity contribution in [2.75, 3.05) is 18.1 Å². The van der Waals surface area contributed by atoms with Crippen molar-refractivity contribution in [3.8, 4) is 0 Å². The van der Waals surface area contributed by atoms with E-state index in [2.05, 4.69) is 9.88 Å². The molecule has 1 atom stereocenters. The third-order valence-electron chi connectivity index (χ3n) is 3.65. The molecule has 0 amide bonds. The second-order valence-corrected chi connectivity index (χ2v) is 5.02. The molecular formula is C14H22N2O2. The van der Waals surface area contributed by atoms with Gasteiger partial charge >= 0.3 is 0 Å².